The lowest BCUT2D eigenvalue weighted by Crippen LogP contribution is -1.89. The summed E-state index contributed by atoms with van der Waals surface area (Å²) in [4.78, 5) is 10.4. The summed E-state index contributed by atoms with van der Waals surface area (Å²) in [6, 6.07) is 0. The number of hydrogen-bond acceptors (Lipinski definition) is 3. The van der Waals surface area contributed by atoms with Crippen LogP contribution in [0.1, 0.15) is 26.7 Å². The Labute approximate surface area is 78.4 Å². The minimum Gasteiger partial charge on any atom is -0.501 e. The Bertz CT molecular complexity index is 262. The second-order valence-electron chi connectivity index (χ2n) is 3.37. The van der Waals surface area contributed by atoms with Gasteiger partial charge in [-0.25, -0.2) is 0 Å². The van der Waals surface area contributed by atoms with Gasteiger partial charge in [-0.2, -0.15) is 0 Å². The first-order valence-electron chi connectivity index (χ1n) is 4.45. The van der Waals surface area contributed by atoms with E-state index in [4.69, 9.17) is 4.74 Å². The van der Waals surface area contributed by atoms with E-state index in [9.17, 15) is 4.91 Å². The highest BCUT2D eigenvalue weighted by Crippen LogP contribution is 2.39. The summed E-state index contributed by atoms with van der Waals surface area (Å²) >= 11 is 0. The standard InChI is InChI=1S/C10H15NO2/c1-7(13-3)6-10(8(2)11-12)9-4-5-9/h6,9H,4-5H2,1-3H3. The molecular weight excluding hydrogens is 166 g/mol. The molecule has 0 heterocycles. The van der Waals surface area contributed by atoms with Crippen LogP contribution < -0.4 is 0 Å². The molecule has 0 aromatic rings. The maximum atomic E-state index is 10.4. The summed E-state index contributed by atoms with van der Waals surface area (Å²) in [5, 5.41) is 2.97. The minimum atomic E-state index is 0.530. The first kappa shape index (κ1) is 9.96. The minimum absolute atomic E-state index is 0.530. The van der Waals surface area contributed by atoms with Crippen LogP contribution in [0.3, 0.4) is 0 Å². The van der Waals surface area contributed by atoms with E-state index >= 15 is 0 Å². The number of rotatable bonds is 4. The highest BCUT2D eigenvalue weighted by Gasteiger charge is 2.26. The molecule has 0 radical (unpaired) electrons. The van der Waals surface area contributed by atoms with Crippen LogP contribution in [0.4, 0.5) is 0 Å². The third-order valence-corrected chi connectivity index (χ3v) is 2.25. The molecular formula is C10H15NO2. The van der Waals surface area contributed by atoms with E-state index in [-0.39, 0.29) is 0 Å². The van der Waals surface area contributed by atoms with Crippen LogP contribution in [0.5, 0.6) is 0 Å². The molecule has 0 aromatic carbocycles. The van der Waals surface area contributed by atoms with Crippen molar-refractivity contribution >= 4 is 0 Å². The molecule has 0 aliphatic heterocycles. The van der Waals surface area contributed by atoms with Crippen molar-refractivity contribution in [2.75, 3.05) is 7.11 Å². The summed E-state index contributed by atoms with van der Waals surface area (Å²) in [5.74, 6) is 1.35. The fraction of sp³-hybridized carbons (Fsp3) is 0.600. The van der Waals surface area contributed by atoms with E-state index in [2.05, 4.69) is 5.18 Å². The molecule has 1 aliphatic rings. The number of hydrogen-bond donors (Lipinski definition) is 0. The average molecular weight is 181 g/mol. The molecule has 0 amide bonds. The van der Waals surface area contributed by atoms with Gasteiger partial charge in [-0.3, -0.25) is 0 Å². The van der Waals surface area contributed by atoms with Crippen LogP contribution in [-0.2, 0) is 4.74 Å². The van der Waals surface area contributed by atoms with Crippen LogP contribution in [0.2, 0.25) is 0 Å². The molecule has 1 aliphatic carbocycles. The van der Waals surface area contributed by atoms with Gasteiger partial charge in [0.05, 0.1) is 18.6 Å². The zero-order valence-electron chi connectivity index (χ0n) is 8.33. The number of nitrogens with zero attached hydrogens (tertiary/aromatic N) is 1. The number of nitroso groups, excluding NO2 is 1. The van der Waals surface area contributed by atoms with Gasteiger partial charge in [0.15, 0.2) is 0 Å². The molecule has 3 heteroatoms. The topological polar surface area (TPSA) is 38.7 Å². The van der Waals surface area contributed by atoms with E-state index in [0.29, 0.717) is 11.6 Å². The lowest BCUT2D eigenvalue weighted by molar-refractivity contribution is 0.293. The number of allylic oxidation sites excluding steroid dienone is 4. The predicted octanol–water partition coefficient (Wildman–Crippen LogP) is 2.99. The second kappa shape index (κ2) is 4.21. The maximum Gasteiger partial charge on any atom is 0.0928 e. The van der Waals surface area contributed by atoms with Crippen molar-refractivity contribution in [3.8, 4) is 0 Å². The Morgan fingerprint density at radius 3 is 2.46 bits per heavy atom. The van der Waals surface area contributed by atoms with Gasteiger partial charge in [0.1, 0.15) is 0 Å². The third kappa shape index (κ3) is 2.68. The van der Waals surface area contributed by atoms with Crippen LogP contribution in [0.25, 0.3) is 0 Å². The quantitative estimate of drug-likeness (QED) is 0.380. The summed E-state index contributed by atoms with van der Waals surface area (Å²) in [7, 11) is 1.63. The Kier molecular flexibility index (Phi) is 3.23. The van der Waals surface area contributed by atoms with Gasteiger partial charge in [0.2, 0.25) is 0 Å². The highest BCUT2D eigenvalue weighted by molar-refractivity contribution is 5.30. The van der Waals surface area contributed by atoms with Crippen LogP contribution in [0.15, 0.2) is 28.3 Å². The molecule has 72 valence electrons. The summed E-state index contributed by atoms with van der Waals surface area (Å²) in [5.41, 5.74) is 1.62. The van der Waals surface area contributed by atoms with Gasteiger partial charge >= 0.3 is 0 Å². The summed E-state index contributed by atoms with van der Waals surface area (Å²) < 4.78 is 5.04. The molecule has 0 unspecified atom stereocenters. The fourth-order valence-corrected chi connectivity index (χ4v) is 1.24. The summed E-state index contributed by atoms with van der Waals surface area (Å²) in [6.45, 7) is 3.63. The Morgan fingerprint density at radius 1 is 1.46 bits per heavy atom. The average Bonchev–Trinajstić information content (AvgIpc) is 2.95. The maximum absolute atomic E-state index is 10.4. The Morgan fingerprint density at radius 2 is 2.08 bits per heavy atom. The molecule has 0 spiro atoms. The molecule has 0 atom stereocenters. The van der Waals surface area contributed by atoms with Crippen LogP contribution in [-0.4, -0.2) is 7.11 Å². The van der Waals surface area contributed by atoms with Crippen molar-refractivity contribution in [2.24, 2.45) is 11.1 Å². The monoisotopic (exact) mass is 181 g/mol. The van der Waals surface area contributed by atoms with Crippen LogP contribution >= 0.6 is 0 Å². The van der Waals surface area contributed by atoms with Crippen molar-refractivity contribution in [3.05, 3.63) is 28.0 Å². The highest BCUT2D eigenvalue weighted by atomic mass is 16.5. The zero-order chi connectivity index (χ0) is 9.84. The zero-order valence-corrected chi connectivity index (χ0v) is 8.33. The van der Waals surface area contributed by atoms with E-state index in [1.165, 1.54) is 0 Å². The molecule has 1 saturated carbocycles. The van der Waals surface area contributed by atoms with Gasteiger partial charge in [-0.1, -0.05) is 0 Å². The van der Waals surface area contributed by atoms with E-state index < -0.39 is 0 Å². The van der Waals surface area contributed by atoms with Crippen molar-refractivity contribution in [1.82, 2.24) is 0 Å². The second-order valence-corrected chi connectivity index (χ2v) is 3.37. The largest absolute Gasteiger partial charge is 0.501 e. The first-order chi connectivity index (χ1) is 6.19. The van der Waals surface area contributed by atoms with Crippen LogP contribution in [0, 0.1) is 10.8 Å². The molecule has 0 aromatic heterocycles. The Hall–Kier alpha value is -1.12. The van der Waals surface area contributed by atoms with Gasteiger partial charge < -0.3 is 4.74 Å². The van der Waals surface area contributed by atoms with Gasteiger partial charge in [0, 0.05) is 0 Å². The van der Waals surface area contributed by atoms with Crippen molar-refractivity contribution in [2.45, 2.75) is 26.7 Å². The molecule has 3 nitrogen and oxygen atoms in total. The SMILES string of the molecule is COC(C)=CC(=C(C)N=O)C1CC1. The normalized spacial score (nSPS) is 19.5. The molecule has 0 bridgehead atoms. The number of ether oxygens (including phenoxy) is 1. The van der Waals surface area contributed by atoms with Gasteiger partial charge in [0.25, 0.3) is 0 Å². The molecule has 1 fully saturated rings. The van der Waals surface area contributed by atoms with E-state index in [1.54, 1.807) is 14.0 Å². The Balaban J connectivity index is 2.85. The molecule has 1 rings (SSSR count). The van der Waals surface area contributed by atoms with E-state index in [0.717, 1.165) is 24.2 Å². The predicted molar refractivity (Wildman–Crippen MR) is 52.0 cm³/mol. The number of methoxy groups -OCH3 is 1. The van der Waals surface area contributed by atoms with Gasteiger partial charge in [-0.05, 0) is 49.4 Å². The van der Waals surface area contributed by atoms with Crippen molar-refractivity contribution < 1.29 is 4.74 Å². The lowest BCUT2D eigenvalue weighted by Gasteiger charge is -2.03. The van der Waals surface area contributed by atoms with Gasteiger partial charge in [-0.15, -0.1) is 4.91 Å². The van der Waals surface area contributed by atoms with Crippen molar-refractivity contribution in [3.63, 3.8) is 0 Å². The molecule has 13 heavy (non-hydrogen) atoms. The first-order valence-corrected chi connectivity index (χ1v) is 4.45. The molecule has 0 N–H and O–H groups in total. The van der Waals surface area contributed by atoms with E-state index in [1.807, 2.05) is 13.0 Å². The third-order valence-electron chi connectivity index (χ3n) is 2.25. The molecule has 0 saturated heterocycles. The lowest BCUT2D eigenvalue weighted by atomic mass is 10.1. The summed E-state index contributed by atoms with van der Waals surface area (Å²) in [6.07, 6.45) is 4.24. The van der Waals surface area contributed by atoms with Crippen molar-refractivity contribution in [1.29, 1.82) is 0 Å². The smallest absolute Gasteiger partial charge is 0.0928 e. The fourth-order valence-electron chi connectivity index (χ4n) is 1.24.